The van der Waals surface area contributed by atoms with Gasteiger partial charge in [0.15, 0.2) is 0 Å². The predicted molar refractivity (Wildman–Crippen MR) is 58.3 cm³/mol. The molecule has 0 radical (unpaired) electrons. The molecule has 0 saturated heterocycles. The van der Waals surface area contributed by atoms with Gasteiger partial charge in [-0.05, 0) is 6.92 Å². The van der Waals surface area contributed by atoms with E-state index < -0.39 is 0 Å². The van der Waals surface area contributed by atoms with Crippen LogP contribution in [-0.2, 0) is 13.6 Å². The summed E-state index contributed by atoms with van der Waals surface area (Å²) in [6.07, 6.45) is 1.82. The average Bonchev–Trinajstić information content (AvgIpc) is 2.51. The summed E-state index contributed by atoms with van der Waals surface area (Å²) in [4.78, 5) is 2.07. The molecule has 0 bridgehead atoms. The van der Waals surface area contributed by atoms with Gasteiger partial charge in [-0.15, -0.1) is 16.8 Å². The lowest BCUT2D eigenvalue weighted by molar-refractivity contribution is 0.199. The van der Waals surface area contributed by atoms with E-state index in [0.717, 1.165) is 18.2 Å². The number of rotatable bonds is 6. The summed E-state index contributed by atoms with van der Waals surface area (Å²) < 4.78 is 1.95. The van der Waals surface area contributed by atoms with Crippen molar-refractivity contribution < 1.29 is 5.11 Å². The normalized spacial score (nSPS) is 10.9. The molecular weight excluding hydrogens is 192 g/mol. The van der Waals surface area contributed by atoms with Crippen molar-refractivity contribution in [2.75, 3.05) is 19.7 Å². The molecule has 1 rings (SSSR count). The minimum Gasteiger partial charge on any atom is -0.395 e. The minimum atomic E-state index is 0.144. The molecule has 0 aliphatic rings. The van der Waals surface area contributed by atoms with Crippen LogP contribution in [0.2, 0.25) is 0 Å². The quantitative estimate of drug-likeness (QED) is 0.677. The van der Waals surface area contributed by atoms with E-state index in [1.54, 1.807) is 0 Å². The van der Waals surface area contributed by atoms with Gasteiger partial charge in [-0.2, -0.15) is 0 Å². The second-order valence-corrected chi connectivity index (χ2v) is 3.47. The van der Waals surface area contributed by atoms with E-state index in [1.165, 1.54) is 0 Å². The van der Waals surface area contributed by atoms with Crippen LogP contribution in [0.1, 0.15) is 11.6 Å². The van der Waals surface area contributed by atoms with Gasteiger partial charge in [0.05, 0.1) is 13.2 Å². The highest BCUT2D eigenvalue weighted by Crippen LogP contribution is 2.02. The lowest BCUT2D eigenvalue weighted by atomic mass is 10.4. The van der Waals surface area contributed by atoms with Gasteiger partial charge in [0.2, 0.25) is 0 Å². The Morgan fingerprint density at radius 3 is 2.73 bits per heavy atom. The van der Waals surface area contributed by atoms with Crippen molar-refractivity contribution in [2.24, 2.45) is 7.05 Å². The molecule has 1 N–H and O–H groups in total. The maximum atomic E-state index is 8.90. The van der Waals surface area contributed by atoms with E-state index in [9.17, 15) is 0 Å². The van der Waals surface area contributed by atoms with E-state index in [1.807, 2.05) is 24.6 Å². The van der Waals surface area contributed by atoms with Crippen LogP contribution >= 0.6 is 0 Å². The summed E-state index contributed by atoms with van der Waals surface area (Å²) >= 11 is 0. The van der Waals surface area contributed by atoms with Crippen LogP contribution in [0.4, 0.5) is 0 Å². The van der Waals surface area contributed by atoms with E-state index in [-0.39, 0.29) is 6.61 Å². The SMILES string of the molecule is C=CCN(CCO)Cc1nnc(C)n1C. The molecule has 15 heavy (non-hydrogen) atoms. The first-order valence-electron chi connectivity index (χ1n) is 4.98. The monoisotopic (exact) mass is 210 g/mol. The number of aliphatic hydroxyl groups is 1. The first-order valence-corrected chi connectivity index (χ1v) is 4.98. The van der Waals surface area contributed by atoms with Crippen molar-refractivity contribution in [1.82, 2.24) is 19.7 Å². The van der Waals surface area contributed by atoms with Crippen LogP contribution in [-0.4, -0.2) is 44.5 Å². The molecule has 0 aliphatic heterocycles. The van der Waals surface area contributed by atoms with Gasteiger partial charge >= 0.3 is 0 Å². The Hall–Kier alpha value is -1.20. The zero-order valence-electron chi connectivity index (χ0n) is 9.35. The second kappa shape index (κ2) is 5.63. The fraction of sp³-hybridized carbons (Fsp3) is 0.600. The lowest BCUT2D eigenvalue weighted by Gasteiger charge is -2.18. The fourth-order valence-electron chi connectivity index (χ4n) is 1.35. The Morgan fingerprint density at radius 2 is 2.27 bits per heavy atom. The van der Waals surface area contributed by atoms with Crippen molar-refractivity contribution in [3.63, 3.8) is 0 Å². The molecule has 0 saturated carbocycles. The average molecular weight is 210 g/mol. The first kappa shape index (κ1) is 11.9. The standard InChI is InChI=1S/C10H18N4O/c1-4-5-14(6-7-15)8-10-12-11-9(2)13(10)3/h4,15H,1,5-8H2,2-3H3. The van der Waals surface area contributed by atoms with Gasteiger partial charge in [0, 0.05) is 20.1 Å². The highest BCUT2D eigenvalue weighted by atomic mass is 16.3. The predicted octanol–water partition coefficient (Wildman–Crippen LogP) is 0.104. The van der Waals surface area contributed by atoms with Crippen molar-refractivity contribution >= 4 is 0 Å². The largest absolute Gasteiger partial charge is 0.395 e. The molecule has 0 spiro atoms. The van der Waals surface area contributed by atoms with E-state index >= 15 is 0 Å². The summed E-state index contributed by atoms with van der Waals surface area (Å²) in [5.74, 6) is 1.80. The third-order valence-corrected chi connectivity index (χ3v) is 2.35. The van der Waals surface area contributed by atoms with Gasteiger partial charge in [-0.1, -0.05) is 6.08 Å². The number of aromatic nitrogens is 3. The molecule has 1 heterocycles. The highest BCUT2D eigenvalue weighted by Gasteiger charge is 2.09. The third kappa shape index (κ3) is 3.14. The molecule has 0 unspecified atom stereocenters. The Labute approximate surface area is 90.0 Å². The van der Waals surface area contributed by atoms with Crippen molar-refractivity contribution in [2.45, 2.75) is 13.5 Å². The smallest absolute Gasteiger partial charge is 0.146 e. The first-order chi connectivity index (χ1) is 7.19. The summed E-state index contributed by atoms with van der Waals surface area (Å²) in [5.41, 5.74) is 0. The van der Waals surface area contributed by atoms with Crippen molar-refractivity contribution in [3.8, 4) is 0 Å². The molecule has 0 aromatic carbocycles. The Balaban J connectivity index is 2.64. The zero-order chi connectivity index (χ0) is 11.3. The van der Waals surface area contributed by atoms with Crippen LogP contribution in [0.3, 0.4) is 0 Å². The number of hydrogen-bond acceptors (Lipinski definition) is 4. The number of aryl methyl sites for hydroxylation is 1. The molecule has 0 atom stereocenters. The van der Waals surface area contributed by atoms with Crippen molar-refractivity contribution in [3.05, 3.63) is 24.3 Å². The van der Waals surface area contributed by atoms with Crippen LogP contribution in [0.25, 0.3) is 0 Å². The van der Waals surface area contributed by atoms with Gasteiger partial charge in [0.25, 0.3) is 0 Å². The van der Waals surface area contributed by atoms with Crippen LogP contribution in [0.5, 0.6) is 0 Å². The van der Waals surface area contributed by atoms with E-state index in [0.29, 0.717) is 13.1 Å². The van der Waals surface area contributed by atoms with E-state index in [2.05, 4.69) is 21.7 Å². The molecule has 1 aromatic heterocycles. The highest BCUT2D eigenvalue weighted by molar-refractivity contribution is 4.93. The third-order valence-electron chi connectivity index (χ3n) is 2.35. The van der Waals surface area contributed by atoms with Gasteiger partial charge in [-0.25, -0.2) is 0 Å². The summed E-state index contributed by atoms with van der Waals surface area (Å²) in [5, 5.41) is 17.0. The van der Waals surface area contributed by atoms with Crippen molar-refractivity contribution in [1.29, 1.82) is 0 Å². The van der Waals surface area contributed by atoms with Gasteiger partial charge in [0.1, 0.15) is 11.6 Å². The molecular formula is C10H18N4O. The molecule has 5 heteroatoms. The van der Waals surface area contributed by atoms with E-state index in [4.69, 9.17) is 5.11 Å². The summed E-state index contributed by atoms with van der Waals surface area (Å²) in [6.45, 7) is 7.80. The molecule has 5 nitrogen and oxygen atoms in total. The van der Waals surface area contributed by atoms with Crippen LogP contribution in [0, 0.1) is 6.92 Å². The lowest BCUT2D eigenvalue weighted by Crippen LogP contribution is -2.28. The summed E-state index contributed by atoms with van der Waals surface area (Å²) in [7, 11) is 1.94. The number of aliphatic hydroxyl groups excluding tert-OH is 1. The molecule has 1 aromatic rings. The maximum absolute atomic E-state index is 8.90. The zero-order valence-corrected chi connectivity index (χ0v) is 9.35. The second-order valence-electron chi connectivity index (χ2n) is 3.47. The fourth-order valence-corrected chi connectivity index (χ4v) is 1.35. The molecule has 0 fully saturated rings. The van der Waals surface area contributed by atoms with Gasteiger partial charge in [-0.3, -0.25) is 4.90 Å². The van der Waals surface area contributed by atoms with Crippen LogP contribution < -0.4 is 0 Å². The molecule has 0 aliphatic carbocycles. The topological polar surface area (TPSA) is 54.2 Å². The number of hydrogen-bond donors (Lipinski definition) is 1. The van der Waals surface area contributed by atoms with Crippen LogP contribution in [0.15, 0.2) is 12.7 Å². The minimum absolute atomic E-state index is 0.144. The Morgan fingerprint density at radius 1 is 1.53 bits per heavy atom. The summed E-state index contributed by atoms with van der Waals surface area (Å²) in [6, 6.07) is 0. The Bertz CT molecular complexity index is 321. The molecule has 0 amide bonds. The maximum Gasteiger partial charge on any atom is 0.146 e. The Kier molecular flexibility index (Phi) is 4.45. The number of nitrogens with zero attached hydrogens (tertiary/aromatic N) is 4. The van der Waals surface area contributed by atoms with Gasteiger partial charge < -0.3 is 9.67 Å². The molecule has 84 valence electrons.